The first kappa shape index (κ1) is 19.5. The van der Waals surface area contributed by atoms with Crippen LogP contribution in [0.5, 0.6) is 5.75 Å². The van der Waals surface area contributed by atoms with E-state index in [1.54, 1.807) is 25.4 Å². The van der Waals surface area contributed by atoms with Gasteiger partial charge in [-0.1, -0.05) is 48.2 Å². The molecule has 140 valence electrons. The van der Waals surface area contributed by atoms with E-state index in [4.69, 9.17) is 10.00 Å². The standard InChI is InChI=1S/C22H19N3O2S/c1-15-8-9-19(27-2)18(12-15)25-22(26)21(17-6-4-3-5-7-17)28-20-13-16(14-23)10-11-24-20/h3-13,21H,1-2H3,(H,25,26). The number of aromatic nitrogens is 1. The number of hydrogen-bond donors (Lipinski definition) is 1. The molecule has 1 atom stereocenters. The molecule has 0 aliphatic heterocycles. The Labute approximate surface area is 168 Å². The number of hydrogen-bond acceptors (Lipinski definition) is 5. The SMILES string of the molecule is COc1ccc(C)cc1NC(=O)C(Sc1cc(C#N)ccn1)c1ccccc1. The molecular formula is C22H19N3O2S. The van der Waals surface area contributed by atoms with Gasteiger partial charge in [0.2, 0.25) is 5.91 Å². The normalized spacial score (nSPS) is 11.3. The molecule has 5 nitrogen and oxygen atoms in total. The molecule has 2 aromatic carbocycles. The molecule has 0 aliphatic carbocycles. The first-order valence-corrected chi connectivity index (χ1v) is 9.52. The van der Waals surface area contributed by atoms with Gasteiger partial charge in [-0.3, -0.25) is 4.79 Å². The summed E-state index contributed by atoms with van der Waals surface area (Å²) in [6.07, 6.45) is 1.57. The molecule has 1 heterocycles. The lowest BCUT2D eigenvalue weighted by atomic mass is 10.1. The lowest BCUT2D eigenvalue weighted by molar-refractivity contribution is -0.115. The van der Waals surface area contributed by atoms with E-state index in [9.17, 15) is 4.79 Å². The maximum Gasteiger partial charge on any atom is 0.242 e. The fourth-order valence-corrected chi connectivity index (χ4v) is 3.70. The van der Waals surface area contributed by atoms with Crippen molar-refractivity contribution in [2.24, 2.45) is 0 Å². The van der Waals surface area contributed by atoms with Gasteiger partial charge < -0.3 is 10.1 Å². The lowest BCUT2D eigenvalue weighted by Crippen LogP contribution is -2.19. The number of benzene rings is 2. The Kier molecular flexibility index (Phi) is 6.30. The Hall–Kier alpha value is -3.30. The van der Waals surface area contributed by atoms with Crippen LogP contribution in [-0.4, -0.2) is 18.0 Å². The van der Waals surface area contributed by atoms with Crippen LogP contribution in [0.2, 0.25) is 0 Å². The Morgan fingerprint density at radius 2 is 1.96 bits per heavy atom. The predicted octanol–water partition coefficient (Wildman–Crippen LogP) is 4.74. The summed E-state index contributed by atoms with van der Waals surface area (Å²) in [5.74, 6) is 0.407. The Bertz CT molecular complexity index is 1020. The van der Waals surface area contributed by atoms with Crippen molar-refractivity contribution >= 4 is 23.4 Å². The molecular weight excluding hydrogens is 370 g/mol. The quantitative estimate of drug-likeness (QED) is 0.616. The van der Waals surface area contributed by atoms with Gasteiger partial charge in [-0.25, -0.2) is 4.98 Å². The first-order valence-electron chi connectivity index (χ1n) is 8.64. The summed E-state index contributed by atoms with van der Waals surface area (Å²) in [4.78, 5) is 17.5. The summed E-state index contributed by atoms with van der Waals surface area (Å²) in [6, 6.07) is 20.5. The molecule has 3 rings (SSSR count). The van der Waals surface area contributed by atoms with E-state index in [0.29, 0.717) is 22.0 Å². The number of nitrogens with zero attached hydrogens (tertiary/aromatic N) is 2. The number of rotatable bonds is 6. The van der Waals surface area contributed by atoms with E-state index >= 15 is 0 Å². The van der Waals surface area contributed by atoms with Crippen LogP contribution in [-0.2, 0) is 4.79 Å². The fraction of sp³-hybridized carbons (Fsp3) is 0.136. The molecule has 0 fully saturated rings. The zero-order valence-corrected chi connectivity index (χ0v) is 16.4. The van der Waals surface area contributed by atoms with Gasteiger partial charge in [0.05, 0.1) is 29.5 Å². The van der Waals surface area contributed by atoms with Gasteiger partial charge in [0, 0.05) is 6.20 Å². The van der Waals surface area contributed by atoms with Crippen molar-refractivity contribution in [1.29, 1.82) is 5.26 Å². The van der Waals surface area contributed by atoms with Crippen LogP contribution < -0.4 is 10.1 Å². The number of thioether (sulfide) groups is 1. The third-order valence-electron chi connectivity index (χ3n) is 4.06. The van der Waals surface area contributed by atoms with Crippen molar-refractivity contribution in [3.63, 3.8) is 0 Å². The third-order valence-corrected chi connectivity index (χ3v) is 5.24. The number of nitriles is 1. The maximum atomic E-state index is 13.2. The fourth-order valence-electron chi connectivity index (χ4n) is 2.68. The smallest absolute Gasteiger partial charge is 0.242 e. The second-order valence-electron chi connectivity index (χ2n) is 6.10. The van der Waals surface area contributed by atoms with Crippen LogP contribution >= 0.6 is 11.8 Å². The predicted molar refractivity (Wildman–Crippen MR) is 110 cm³/mol. The first-order chi connectivity index (χ1) is 13.6. The van der Waals surface area contributed by atoms with Crippen LogP contribution in [0.15, 0.2) is 71.9 Å². The average Bonchev–Trinajstić information content (AvgIpc) is 2.73. The van der Waals surface area contributed by atoms with Gasteiger partial charge in [-0.05, 0) is 42.3 Å². The zero-order valence-electron chi connectivity index (χ0n) is 15.5. The van der Waals surface area contributed by atoms with E-state index in [1.807, 2.05) is 55.5 Å². The van der Waals surface area contributed by atoms with Crippen LogP contribution in [0.3, 0.4) is 0 Å². The molecule has 6 heteroatoms. The van der Waals surface area contributed by atoms with Gasteiger partial charge in [0.1, 0.15) is 11.0 Å². The highest BCUT2D eigenvalue weighted by Gasteiger charge is 2.24. The van der Waals surface area contributed by atoms with Gasteiger partial charge >= 0.3 is 0 Å². The molecule has 1 N–H and O–H groups in total. The molecule has 0 saturated heterocycles. The molecule has 0 saturated carbocycles. The highest BCUT2D eigenvalue weighted by molar-refractivity contribution is 8.00. The number of carbonyl (C=O) groups is 1. The summed E-state index contributed by atoms with van der Waals surface area (Å²) in [6.45, 7) is 1.95. The molecule has 1 aromatic heterocycles. The van der Waals surface area contributed by atoms with Crippen LogP contribution in [0.25, 0.3) is 0 Å². The van der Waals surface area contributed by atoms with E-state index in [0.717, 1.165) is 11.1 Å². The number of amides is 1. The van der Waals surface area contributed by atoms with E-state index in [-0.39, 0.29) is 5.91 Å². The van der Waals surface area contributed by atoms with Crippen LogP contribution in [0.1, 0.15) is 21.9 Å². The van der Waals surface area contributed by atoms with E-state index in [2.05, 4.69) is 16.4 Å². The lowest BCUT2D eigenvalue weighted by Gasteiger charge is -2.18. The maximum absolute atomic E-state index is 13.2. The van der Waals surface area contributed by atoms with Crippen LogP contribution in [0.4, 0.5) is 5.69 Å². The molecule has 1 unspecified atom stereocenters. The topological polar surface area (TPSA) is 75.0 Å². The van der Waals surface area contributed by atoms with Gasteiger partial charge in [0.15, 0.2) is 0 Å². The number of carbonyl (C=O) groups excluding carboxylic acids is 1. The number of nitrogens with one attached hydrogen (secondary N) is 1. The van der Waals surface area contributed by atoms with Crippen molar-refractivity contribution in [3.8, 4) is 11.8 Å². The molecule has 0 spiro atoms. The molecule has 0 radical (unpaired) electrons. The Morgan fingerprint density at radius 1 is 1.18 bits per heavy atom. The van der Waals surface area contributed by atoms with Gasteiger partial charge in [-0.2, -0.15) is 5.26 Å². The summed E-state index contributed by atoms with van der Waals surface area (Å²) in [5.41, 5.74) is 2.99. The van der Waals surface area contributed by atoms with Crippen molar-refractivity contribution in [2.75, 3.05) is 12.4 Å². The summed E-state index contributed by atoms with van der Waals surface area (Å²) in [5, 5.41) is 12.2. The Morgan fingerprint density at radius 3 is 2.68 bits per heavy atom. The highest BCUT2D eigenvalue weighted by Crippen LogP contribution is 2.36. The van der Waals surface area contributed by atoms with E-state index in [1.165, 1.54) is 11.8 Å². The number of methoxy groups -OCH3 is 1. The van der Waals surface area contributed by atoms with E-state index < -0.39 is 5.25 Å². The summed E-state index contributed by atoms with van der Waals surface area (Å²) >= 11 is 1.30. The molecule has 3 aromatic rings. The van der Waals surface area contributed by atoms with Crippen molar-refractivity contribution < 1.29 is 9.53 Å². The number of pyridine rings is 1. The minimum atomic E-state index is -0.534. The monoisotopic (exact) mass is 389 g/mol. The second-order valence-corrected chi connectivity index (χ2v) is 7.22. The molecule has 0 bridgehead atoms. The highest BCUT2D eigenvalue weighted by atomic mass is 32.2. The van der Waals surface area contributed by atoms with Gasteiger partial charge in [0.25, 0.3) is 0 Å². The van der Waals surface area contributed by atoms with Crippen LogP contribution in [0, 0.1) is 18.3 Å². The zero-order chi connectivity index (χ0) is 19.9. The molecule has 28 heavy (non-hydrogen) atoms. The number of anilines is 1. The summed E-state index contributed by atoms with van der Waals surface area (Å²) < 4.78 is 5.37. The molecule has 1 amide bonds. The largest absolute Gasteiger partial charge is 0.495 e. The van der Waals surface area contributed by atoms with Crippen molar-refractivity contribution in [3.05, 3.63) is 83.6 Å². The number of ether oxygens (including phenoxy) is 1. The Balaban J connectivity index is 1.92. The average molecular weight is 389 g/mol. The third kappa shape index (κ3) is 4.70. The van der Waals surface area contributed by atoms with Gasteiger partial charge in [-0.15, -0.1) is 0 Å². The molecule has 0 aliphatic rings. The summed E-state index contributed by atoms with van der Waals surface area (Å²) in [7, 11) is 1.57. The number of aryl methyl sites for hydroxylation is 1. The minimum absolute atomic E-state index is 0.190. The van der Waals surface area contributed by atoms with Crippen molar-refractivity contribution in [2.45, 2.75) is 17.2 Å². The second kappa shape index (κ2) is 9.07. The van der Waals surface area contributed by atoms with Crippen molar-refractivity contribution in [1.82, 2.24) is 4.98 Å². The minimum Gasteiger partial charge on any atom is -0.495 e.